The number of anilines is 4. The van der Waals surface area contributed by atoms with Crippen molar-refractivity contribution in [1.82, 2.24) is 34.7 Å². The predicted octanol–water partition coefficient (Wildman–Crippen LogP) is 4.58. The van der Waals surface area contributed by atoms with Gasteiger partial charge in [-0.2, -0.15) is 4.98 Å². The van der Waals surface area contributed by atoms with Crippen molar-refractivity contribution in [2.24, 2.45) is 5.92 Å². The highest BCUT2D eigenvalue weighted by Gasteiger charge is 2.30. The summed E-state index contributed by atoms with van der Waals surface area (Å²) in [6, 6.07) is 17.6. The molecule has 0 aliphatic carbocycles. The Labute approximate surface area is 251 Å². The average Bonchev–Trinajstić information content (AvgIpc) is 3.43. The zero-order chi connectivity index (χ0) is 29.6. The van der Waals surface area contributed by atoms with Gasteiger partial charge in [-0.1, -0.05) is 18.2 Å². The number of likely N-dealkylation sites (tertiary alicyclic amines) is 2. The molecule has 2 saturated heterocycles. The van der Waals surface area contributed by atoms with E-state index < -0.39 is 0 Å². The van der Waals surface area contributed by atoms with Crippen LogP contribution in [0.4, 0.5) is 23.3 Å². The van der Waals surface area contributed by atoms with Gasteiger partial charge in [0.05, 0.1) is 5.92 Å². The first-order chi connectivity index (χ1) is 21.0. The quantitative estimate of drug-likeness (QED) is 0.271. The predicted molar refractivity (Wildman–Crippen MR) is 165 cm³/mol. The molecule has 0 spiro atoms. The molecule has 222 valence electrons. The van der Waals surface area contributed by atoms with E-state index in [0.717, 1.165) is 63.4 Å². The highest BCUT2D eigenvalue weighted by molar-refractivity contribution is 5.73. The van der Waals surface area contributed by atoms with Crippen molar-refractivity contribution < 1.29 is 9.53 Å². The summed E-state index contributed by atoms with van der Waals surface area (Å²) >= 11 is 0. The summed E-state index contributed by atoms with van der Waals surface area (Å²) in [5.41, 5.74) is 3.70. The molecule has 2 fully saturated rings. The number of carbonyl (C=O) groups is 1. The summed E-state index contributed by atoms with van der Waals surface area (Å²) < 4.78 is 5.82. The maximum absolute atomic E-state index is 12.8. The van der Waals surface area contributed by atoms with Crippen LogP contribution in [-0.4, -0.2) is 80.0 Å². The first-order valence-electron chi connectivity index (χ1n) is 14.8. The molecule has 2 aliphatic heterocycles. The van der Waals surface area contributed by atoms with Gasteiger partial charge in [0.2, 0.25) is 5.95 Å². The number of hydrogen-bond acceptors (Lipinski definition) is 11. The molecule has 11 heteroatoms. The second kappa shape index (κ2) is 13.2. The van der Waals surface area contributed by atoms with Gasteiger partial charge in [0, 0.05) is 50.0 Å². The number of esters is 1. The van der Waals surface area contributed by atoms with Gasteiger partial charge in [-0.15, -0.1) is 0 Å². The molecule has 5 heterocycles. The summed E-state index contributed by atoms with van der Waals surface area (Å²) in [5, 5.41) is 6.51. The van der Waals surface area contributed by atoms with Crippen LogP contribution in [0.15, 0.2) is 67.0 Å². The molecule has 43 heavy (non-hydrogen) atoms. The van der Waals surface area contributed by atoms with Crippen molar-refractivity contribution in [2.45, 2.75) is 38.8 Å². The van der Waals surface area contributed by atoms with E-state index >= 15 is 0 Å². The molecule has 0 radical (unpaired) electrons. The first-order valence-corrected chi connectivity index (χ1v) is 14.8. The summed E-state index contributed by atoms with van der Waals surface area (Å²) in [6.07, 6.45) is 6.26. The van der Waals surface area contributed by atoms with Crippen molar-refractivity contribution in [1.29, 1.82) is 0 Å². The SMILES string of the molecule is Cc1cccc(-c2nccc(Nc3ccnc(Nc4ccc(CN5CCCC(C(=O)OC6CCN(C)C6)C5)cc4)n3)n2)n1. The molecule has 2 aliphatic rings. The fourth-order valence-electron chi connectivity index (χ4n) is 5.56. The van der Waals surface area contributed by atoms with E-state index in [0.29, 0.717) is 29.1 Å². The molecule has 2 N–H and O–H groups in total. The van der Waals surface area contributed by atoms with E-state index in [9.17, 15) is 4.79 Å². The lowest BCUT2D eigenvalue weighted by atomic mass is 9.97. The van der Waals surface area contributed by atoms with Crippen LogP contribution in [0.25, 0.3) is 11.5 Å². The fourth-order valence-corrected chi connectivity index (χ4v) is 5.56. The highest BCUT2D eigenvalue weighted by Crippen LogP contribution is 2.23. The van der Waals surface area contributed by atoms with Crippen LogP contribution in [0.3, 0.4) is 0 Å². The Hall–Kier alpha value is -4.48. The molecule has 6 rings (SSSR count). The van der Waals surface area contributed by atoms with Gasteiger partial charge in [0.15, 0.2) is 5.82 Å². The van der Waals surface area contributed by atoms with Crippen LogP contribution in [0, 0.1) is 12.8 Å². The van der Waals surface area contributed by atoms with Gasteiger partial charge in [-0.3, -0.25) is 9.69 Å². The Bertz CT molecular complexity index is 1550. The van der Waals surface area contributed by atoms with Crippen LogP contribution in [0.5, 0.6) is 0 Å². The molecule has 0 saturated carbocycles. The highest BCUT2D eigenvalue weighted by atomic mass is 16.5. The molecule has 0 bridgehead atoms. The summed E-state index contributed by atoms with van der Waals surface area (Å²) in [6.45, 7) is 6.29. The molecule has 11 nitrogen and oxygen atoms in total. The Morgan fingerprint density at radius 3 is 2.51 bits per heavy atom. The standard InChI is InChI=1S/C32H37N9O2/c1-22-5-3-7-27(35-22)30-33-15-12-28(38-30)37-29-13-16-34-32(39-29)36-25-10-8-23(9-11-25)19-41-17-4-6-24(20-41)31(42)43-26-14-18-40(2)21-26/h3,5,7-13,15-16,24,26H,4,6,14,17-21H2,1-2H3,(H2,33,34,36,37,38,39). The van der Waals surface area contributed by atoms with Crippen molar-refractivity contribution in [3.05, 3.63) is 78.2 Å². The third-order valence-corrected chi connectivity index (χ3v) is 7.77. The minimum atomic E-state index is -0.0493. The van der Waals surface area contributed by atoms with Crippen LogP contribution in [-0.2, 0) is 16.1 Å². The minimum absolute atomic E-state index is 0.0371. The minimum Gasteiger partial charge on any atom is -0.461 e. The van der Waals surface area contributed by atoms with Crippen LogP contribution < -0.4 is 10.6 Å². The third kappa shape index (κ3) is 7.68. The first kappa shape index (κ1) is 28.6. The van der Waals surface area contributed by atoms with Gasteiger partial charge >= 0.3 is 5.97 Å². The van der Waals surface area contributed by atoms with Gasteiger partial charge in [-0.05, 0) is 81.7 Å². The second-order valence-corrected chi connectivity index (χ2v) is 11.3. The third-order valence-electron chi connectivity index (χ3n) is 7.77. The topological polar surface area (TPSA) is 121 Å². The summed E-state index contributed by atoms with van der Waals surface area (Å²) in [7, 11) is 2.07. The molecular weight excluding hydrogens is 542 g/mol. The number of rotatable bonds is 9. The average molecular weight is 580 g/mol. The molecule has 2 atom stereocenters. The van der Waals surface area contributed by atoms with Crippen molar-refractivity contribution in [3.63, 3.8) is 0 Å². The Balaban J connectivity index is 1.03. The van der Waals surface area contributed by atoms with Gasteiger partial charge in [0.25, 0.3) is 0 Å². The second-order valence-electron chi connectivity index (χ2n) is 11.3. The molecular formula is C32H37N9O2. The normalized spacial score (nSPS) is 19.2. The van der Waals surface area contributed by atoms with E-state index in [4.69, 9.17) is 4.74 Å². The van der Waals surface area contributed by atoms with Crippen LogP contribution in [0.2, 0.25) is 0 Å². The number of nitrogens with zero attached hydrogens (tertiary/aromatic N) is 7. The van der Waals surface area contributed by atoms with Crippen molar-refractivity contribution >= 4 is 29.2 Å². The molecule has 3 aromatic heterocycles. The van der Waals surface area contributed by atoms with E-state index in [1.54, 1.807) is 24.5 Å². The van der Waals surface area contributed by atoms with Crippen LogP contribution >= 0.6 is 0 Å². The summed E-state index contributed by atoms with van der Waals surface area (Å²) in [4.78, 5) is 39.8. The van der Waals surface area contributed by atoms with Crippen molar-refractivity contribution in [3.8, 4) is 11.5 Å². The molecule has 1 aromatic carbocycles. The van der Waals surface area contributed by atoms with E-state index in [2.05, 4.69) is 64.5 Å². The van der Waals surface area contributed by atoms with Crippen molar-refractivity contribution in [2.75, 3.05) is 43.9 Å². The van der Waals surface area contributed by atoms with Gasteiger partial charge < -0.3 is 20.3 Å². The van der Waals surface area contributed by atoms with E-state index in [-0.39, 0.29) is 18.0 Å². The molecule has 0 amide bonds. The number of piperidine rings is 1. The number of likely N-dealkylation sites (N-methyl/N-ethyl adjacent to an activating group) is 1. The number of pyridine rings is 1. The molecule has 2 unspecified atom stereocenters. The lowest BCUT2D eigenvalue weighted by Crippen LogP contribution is -2.40. The number of nitrogens with one attached hydrogen (secondary N) is 2. The number of ether oxygens (including phenoxy) is 1. The van der Waals surface area contributed by atoms with E-state index in [1.165, 1.54) is 5.56 Å². The monoisotopic (exact) mass is 579 g/mol. The lowest BCUT2D eigenvalue weighted by Gasteiger charge is -2.32. The smallest absolute Gasteiger partial charge is 0.310 e. The number of aryl methyl sites for hydroxylation is 1. The number of aromatic nitrogens is 5. The Morgan fingerprint density at radius 2 is 1.72 bits per heavy atom. The number of carbonyl (C=O) groups excluding carboxylic acids is 1. The summed E-state index contributed by atoms with van der Waals surface area (Å²) in [5.74, 6) is 2.14. The van der Waals surface area contributed by atoms with E-state index in [1.807, 2.05) is 37.3 Å². The largest absolute Gasteiger partial charge is 0.461 e. The zero-order valence-electron chi connectivity index (χ0n) is 24.6. The molecule has 4 aromatic rings. The number of hydrogen-bond donors (Lipinski definition) is 2. The fraction of sp³-hybridized carbons (Fsp3) is 0.375. The lowest BCUT2D eigenvalue weighted by molar-refractivity contribution is -0.155. The number of benzene rings is 1. The Morgan fingerprint density at radius 1 is 0.907 bits per heavy atom. The Kier molecular flexibility index (Phi) is 8.80. The van der Waals surface area contributed by atoms with Gasteiger partial charge in [0.1, 0.15) is 23.4 Å². The van der Waals surface area contributed by atoms with Gasteiger partial charge in [-0.25, -0.2) is 19.9 Å². The maximum Gasteiger partial charge on any atom is 0.310 e. The zero-order valence-corrected chi connectivity index (χ0v) is 24.6. The van der Waals surface area contributed by atoms with Crippen LogP contribution in [0.1, 0.15) is 30.5 Å². The maximum atomic E-state index is 12.8.